The van der Waals surface area contributed by atoms with Gasteiger partial charge in [-0.2, -0.15) is 0 Å². The smallest absolute Gasteiger partial charge is 0.411 e. The number of amides is 2. The van der Waals surface area contributed by atoms with E-state index in [9.17, 15) is 9.59 Å². The molecule has 0 bridgehead atoms. The molecule has 0 heterocycles. The minimum absolute atomic E-state index is 0.239. The van der Waals surface area contributed by atoms with Crippen molar-refractivity contribution in [1.82, 2.24) is 0 Å². The number of hydrogen-bond donors (Lipinski definition) is 2. The Kier molecular flexibility index (Phi) is 5.76. The molecule has 0 radical (unpaired) electrons. The fourth-order valence-electron chi connectivity index (χ4n) is 1.78. The average molecular weight is 410 g/mol. The molecule has 0 spiro atoms. The second kappa shape index (κ2) is 7.79. The van der Waals surface area contributed by atoms with Crippen LogP contribution in [0.1, 0.15) is 17.3 Å². The van der Waals surface area contributed by atoms with Crippen LogP contribution in [0.25, 0.3) is 0 Å². The van der Waals surface area contributed by atoms with E-state index < -0.39 is 6.09 Å². The van der Waals surface area contributed by atoms with Crippen molar-refractivity contribution in [2.45, 2.75) is 6.92 Å². The highest BCUT2D eigenvalue weighted by molar-refractivity contribution is 14.1. The minimum Gasteiger partial charge on any atom is -0.450 e. The van der Waals surface area contributed by atoms with Gasteiger partial charge in [-0.25, -0.2) is 4.79 Å². The molecule has 0 aliphatic heterocycles. The van der Waals surface area contributed by atoms with Gasteiger partial charge < -0.3 is 10.1 Å². The van der Waals surface area contributed by atoms with Gasteiger partial charge >= 0.3 is 6.09 Å². The molecule has 2 rings (SSSR count). The highest BCUT2D eigenvalue weighted by Gasteiger charge is 2.09. The first-order chi connectivity index (χ1) is 10.6. The van der Waals surface area contributed by atoms with E-state index in [0.29, 0.717) is 17.9 Å². The van der Waals surface area contributed by atoms with Gasteiger partial charge in [0.15, 0.2) is 0 Å². The van der Waals surface area contributed by atoms with Gasteiger partial charge in [0, 0.05) is 14.8 Å². The average Bonchev–Trinajstić information content (AvgIpc) is 2.50. The summed E-state index contributed by atoms with van der Waals surface area (Å²) in [5, 5.41) is 5.41. The molecule has 0 aromatic heterocycles. The molecular formula is C16H15IN2O3. The Morgan fingerprint density at radius 2 is 1.86 bits per heavy atom. The second-order valence-electron chi connectivity index (χ2n) is 4.36. The number of anilines is 2. The molecule has 2 amide bonds. The number of nitrogens with one attached hydrogen (secondary N) is 2. The van der Waals surface area contributed by atoms with Crippen LogP contribution < -0.4 is 10.6 Å². The van der Waals surface area contributed by atoms with Gasteiger partial charge in [-0.1, -0.05) is 18.2 Å². The first-order valence-corrected chi connectivity index (χ1v) is 7.77. The lowest BCUT2D eigenvalue weighted by Crippen LogP contribution is -2.15. The number of rotatable bonds is 4. The van der Waals surface area contributed by atoms with Crippen molar-refractivity contribution in [3.05, 3.63) is 57.7 Å². The van der Waals surface area contributed by atoms with Gasteiger partial charge in [-0.15, -0.1) is 0 Å². The van der Waals surface area contributed by atoms with Gasteiger partial charge in [-0.3, -0.25) is 10.1 Å². The molecule has 114 valence electrons. The first kappa shape index (κ1) is 16.3. The third-order valence-corrected chi connectivity index (χ3v) is 3.71. The molecule has 22 heavy (non-hydrogen) atoms. The maximum atomic E-state index is 12.3. The van der Waals surface area contributed by atoms with Crippen LogP contribution in [0.3, 0.4) is 0 Å². The van der Waals surface area contributed by atoms with E-state index in [0.717, 1.165) is 9.26 Å². The third-order valence-electron chi connectivity index (χ3n) is 2.77. The summed E-state index contributed by atoms with van der Waals surface area (Å²) in [5.74, 6) is -0.239. The summed E-state index contributed by atoms with van der Waals surface area (Å²) in [6.45, 7) is 2.02. The summed E-state index contributed by atoms with van der Waals surface area (Å²) in [6.07, 6.45) is -0.544. The van der Waals surface area contributed by atoms with Gasteiger partial charge in [-0.05, 0) is 59.8 Å². The van der Waals surface area contributed by atoms with Crippen molar-refractivity contribution in [3.63, 3.8) is 0 Å². The van der Waals surface area contributed by atoms with Crippen LogP contribution in [-0.2, 0) is 4.74 Å². The molecule has 6 heteroatoms. The van der Waals surface area contributed by atoms with Crippen LogP contribution in [-0.4, -0.2) is 18.6 Å². The van der Waals surface area contributed by atoms with E-state index in [1.807, 2.05) is 24.3 Å². The molecule has 2 aromatic carbocycles. The maximum absolute atomic E-state index is 12.3. The van der Waals surface area contributed by atoms with Gasteiger partial charge in [0.2, 0.25) is 0 Å². The largest absolute Gasteiger partial charge is 0.450 e. The zero-order chi connectivity index (χ0) is 15.9. The number of carbonyl (C=O) groups is 2. The Bertz CT molecular complexity index is 689. The molecule has 0 atom stereocenters. The summed E-state index contributed by atoms with van der Waals surface area (Å²) in [7, 11) is 0. The normalized spacial score (nSPS) is 9.91. The Morgan fingerprint density at radius 3 is 2.59 bits per heavy atom. The highest BCUT2D eigenvalue weighted by Crippen LogP contribution is 2.19. The van der Waals surface area contributed by atoms with Crippen molar-refractivity contribution in [1.29, 1.82) is 0 Å². The number of hydrogen-bond acceptors (Lipinski definition) is 3. The summed E-state index contributed by atoms with van der Waals surface area (Å²) in [5.41, 5.74) is 1.71. The third kappa shape index (κ3) is 4.45. The van der Waals surface area contributed by atoms with Crippen LogP contribution >= 0.6 is 22.6 Å². The molecule has 0 saturated heterocycles. The molecule has 5 nitrogen and oxygen atoms in total. The molecule has 0 aliphatic carbocycles. The zero-order valence-electron chi connectivity index (χ0n) is 11.9. The van der Waals surface area contributed by atoms with E-state index in [1.165, 1.54) is 0 Å². The standard InChI is InChI=1S/C16H15IN2O3/c1-2-22-16(21)18-12-7-5-6-11(10-12)15(20)19-14-9-4-3-8-13(14)17/h3-10H,2H2,1H3,(H,18,21)(H,19,20). The Morgan fingerprint density at radius 1 is 1.09 bits per heavy atom. The number of halogens is 1. The predicted molar refractivity (Wildman–Crippen MR) is 94.2 cm³/mol. The van der Waals surface area contributed by atoms with Crippen molar-refractivity contribution in [3.8, 4) is 0 Å². The second-order valence-corrected chi connectivity index (χ2v) is 5.52. The maximum Gasteiger partial charge on any atom is 0.411 e. The van der Waals surface area contributed by atoms with Crippen LogP contribution in [0, 0.1) is 3.57 Å². The Hall–Kier alpha value is -2.09. The summed E-state index contributed by atoms with van der Waals surface area (Å²) >= 11 is 2.16. The van der Waals surface area contributed by atoms with Crippen LogP contribution in [0.15, 0.2) is 48.5 Å². The predicted octanol–water partition coefficient (Wildman–Crippen LogP) is 4.11. The molecule has 0 saturated carbocycles. The Balaban J connectivity index is 2.10. The lowest BCUT2D eigenvalue weighted by atomic mass is 10.2. The zero-order valence-corrected chi connectivity index (χ0v) is 14.1. The van der Waals surface area contributed by atoms with E-state index in [1.54, 1.807) is 31.2 Å². The molecular weight excluding hydrogens is 395 g/mol. The molecule has 0 unspecified atom stereocenters. The highest BCUT2D eigenvalue weighted by atomic mass is 127. The van der Waals surface area contributed by atoms with Crippen LogP contribution in [0.5, 0.6) is 0 Å². The van der Waals surface area contributed by atoms with Crippen molar-refractivity contribution < 1.29 is 14.3 Å². The summed E-state index contributed by atoms with van der Waals surface area (Å²) in [4.78, 5) is 23.7. The molecule has 0 aliphatic rings. The SMILES string of the molecule is CCOC(=O)Nc1cccc(C(=O)Nc2ccccc2I)c1. The fourth-order valence-corrected chi connectivity index (χ4v) is 2.30. The van der Waals surface area contributed by atoms with Gasteiger partial charge in [0.25, 0.3) is 5.91 Å². The van der Waals surface area contributed by atoms with E-state index >= 15 is 0 Å². The van der Waals surface area contributed by atoms with Crippen molar-refractivity contribution in [2.24, 2.45) is 0 Å². The number of carbonyl (C=O) groups excluding carboxylic acids is 2. The van der Waals surface area contributed by atoms with Crippen LogP contribution in [0.4, 0.5) is 16.2 Å². The monoisotopic (exact) mass is 410 g/mol. The van der Waals surface area contributed by atoms with E-state index in [4.69, 9.17) is 4.74 Å². The summed E-state index contributed by atoms with van der Waals surface area (Å²) in [6, 6.07) is 14.2. The lowest BCUT2D eigenvalue weighted by molar-refractivity contribution is 0.102. The molecule has 0 fully saturated rings. The van der Waals surface area contributed by atoms with E-state index in [-0.39, 0.29) is 5.91 Å². The number of para-hydroxylation sites is 1. The fraction of sp³-hybridized carbons (Fsp3) is 0.125. The number of ether oxygens (including phenoxy) is 1. The molecule has 2 N–H and O–H groups in total. The minimum atomic E-state index is -0.544. The Labute approximate surface area is 142 Å². The van der Waals surface area contributed by atoms with E-state index in [2.05, 4.69) is 33.2 Å². The molecule has 2 aromatic rings. The first-order valence-electron chi connectivity index (χ1n) is 6.70. The quantitative estimate of drug-likeness (QED) is 0.746. The number of benzene rings is 2. The topological polar surface area (TPSA) is 67.4 Å². The van der Waals surface area contributed by atoms with Crippen molar-refractivity contribution >= 4 is 46.0 Å². The van der Waals surface area contributed by atoms with Crippen LogP contribution in [0.2, 0.25) is 0 Å². The summed E-state index contributed by atoms with van der Waals surface area (Å²) < 4.78 is 5.76. The van der Waals surface area contributed by atoms with Gasteiger partial charge in [0.1, 0.15) is 0 Å². The lowest BCUT2D eigenvalue weighted by Gasteiger charge is -2.09. The van der Waals surface area contributed by atoms with Crippen molar-refractivity contribution in [2.75, 3.05) is 17.2 Å². The van der Waals surface area contributed by atoms with Gasteiger partial charge in [0.05, 0.1) is 12.3 Å².